The molecule has 0 fully saturated rings. The van der Waals surface area contributed by atoms with Gasteiger partial charge in [0.15, 0.2) is 5.82 Å². The van der Waals surface area contributed by atoms with Crippen LogP contribution in [0.5, 0.6) is 0 Å². The SMILES string of the molecule is C=N/C(=C\C=C(/C)Nc1nc(-c2c(F)cccc2F)nc2c1C(=O)NC2)CC(=O)OC. The molecule has 3 rings (SSSR count). The maximum absolute atomic E-state index is 14.2. The lowest BCUT2D eigenvalue weighted by atomic mass is 10.1. The Morgan fingerprint density at radius 1 is 1.29 bits per heavy atom. The molecule has 160 valence electrons. The second-order valence-corrected chi connectivity index (χ2v) is 6.54. The summed E-state index contributed by atoms with van der Waals surface area (Å²) in [4.78, 5) is 35.8. The van der Waals surface area contributed by atoms with Gasteiger partial charge in [-0.05, 0) is 37.9 Å². The van der Waals surface area contributed by atoms with Crippen LogP contribution < -0.4 is 10.6 Å². The number of allylic oxidation sites excluding steroid dienone is 3. The van der Waals surface area contributed by atoms with Crippen LogP contribution in [0.2, 0.25) is 0 Å². The van der Waals surface area contributed by atoms with E-state index in [2.05, 4.69) is 37.0 Å². The van der Waals surface area contributed by atoms with Gasteiger partial charge in [0.05, 0.1) is 37.0 Å². The molecule has 2 heterocycles. The lowest BCUT2D eigenvalue weighted by Crippen LogP contribution is -2.14. The first-order valence-corrected chi connectivity index (χ1v) is 9.15. The summed E-state index contributed by atoms with van der Waals surface area (Å²) in [6, 6.07) is 3.45. The van der Waals surface area contributed by atoms with E-state index in [1.165, 1.54) is 13.2 Å². The number of carbonyl (C=O) groups is 2. The Morgan fingerprint density at radius 3 is 2.65 bits per heavy atom. The molecule has 31 heavy (non-hydrogen) atoms. The fraction of sp³-hybridized carbons (Fsp3) is 0.190. The molecule has 8 nitrogen and oxygen atoms in total. The summed E-state index contributed by atoms with van der Waals surface area (Å²) in [5, 5.41) is 5.57. The minimum absolute atomic E-state index is 0.0637. The molecule has 0 spiro atoms. The third-order valence-electron chi connectivity index (χ3n) is 4.41. The van der Waals surface area contributed by atoms with Gasteiger partial charge in [-0.1, -0.05) is 6.07 Å². The first-order chi connectivity index (χ1) is 14.8. The standard InChI is InChI=1S/C21H19F2N5O3/c1-11(7-8-12(24-2)9-16(29)31-3)26-20-18-15(10-25-21(18)30)27-19(28-20)17-13(22)5-4-6-14(17)23/h4-8H,2,9-10H2,1,3H3,(H,25,30)(H,26,27,28)/b11-7+,12-8-. The van der Waals surface area contributed by atoms with E-state index >= 15 is 0 Å². The zero-order valence-electron chi connectivity index (χ0n) is 16.8. The van der Waals surface area contributed by atoms with Gasteiger partial charge in [-0.3, -0.25) is 14.6 Å². The fourth-order valence-corrected chi connectivity index (χ4v) is 2.88. The van der Waals surface area contributed by atoms with Crippen LogP contribution in [-0.2, 0) is 16.1 Å². The number of anilines is 1. The number of ether oxygens (including phenoxy) is 1. The lowest BCUT2D eigenvalue weighted by molar-refractivity contribution is -0.139. The molecular formula is C21H19F2N5O3. The quantitative estimate of drug-likeness (QED) is 0.400. The van der Waals surface area contributed by atoms with Crippen LogP contribution >= 0.6 is 0 Å². The summed E-state index contributed by atoms with van der Waals surface area (Å²) in [7, 11) is 1.27. The molecule has 1 aliphatic heterocycles. The van der Waals surface area contributed by atoms with Crippen LogP contribution in [-0.4, -0.2) is 35.7 Å². The van der Waals surface area contributed by atoms with Gasteiger partial charge in [0.1, 0.15) is 23.0 Å². The molecule has 0 atom stereocenters. The van der Waals surface area contributed by atoms with E-state index < -0.39 is 23.5 Å². The fourth-order valence-electron chi connectivity index (χ4n) is 2.88. The number of methoxy groups -OCH3 is 1. The molecule has 1 aliphatic rings. The first-order valence-electron chi connectivity index (χ1n) is 9.15. The average molecular weight is 427 g/mol. The number of nitrogens with zero attached hydrogens (tertiary/aromatic N) is 3. The highest BCUT2D eigenvalue weighted by molar-refractivity contribution is 6.02. The Bertz CT molecular complexity index is 1110. The van der Waals surface area contributed by atoms with E-state index in [9.17, 15) is 18.4 Å². The number of carbonyl (C=O) groups excluding carboxylic acids is 2. The van der Waals surface area contributed by atoms with Gasteiger partial charge in [-0.15, -0.1) is 0 Å². The van der Waals surface area contributed by atoms with Gasteiger partial charge in [0.25, 0.3) is 5.91 Å². The highest BCUT2D eigenvalue weighted by atomic mass is 19.1. The molecular weight excluding hydrogens is 408 g/mol. The summed E-state index contributed by atoms with van der Waals surface area (Å²) in [5.74, 6) is -2.59. The number of rotatable bonds is 7. The van der Waals surface area contributed by atoms with Crippen molar-refractivity contribution in [3.05, 3.63) is 64.6 Å². The van der Waals surface area contributed by atoms with Crippen molar-refractivity contribution in [1.29, 1.82) is 0 Å². The molecule has 1 aromatic heterocycles. The summed E-state index contributed by atoms with van der Waals surface area (Å²) in [6.07, 6.45) is 3.08. The molecule has 2 N–H and O–H groups in total. The Kier molecular flexibility index (Phi) is 6.49. The van der Waals surface area contributed by atoms with Gasteiger partial charge >= 0.3 is 5.97 Å². The minimum Gasteiger partial charge on any atom is -0.469 e. The zero-order valence-corrected chi connectivity index (χ0v) is 16.8. The van der Waals surface area contributed by atoms with Crippen molar-refractivity contribution in [1.82, 2.24) is 15.3 Å². The Hall–Kier alpha value is -3.95. The molecule has 0 saturated carbocycles. The molecule has 0 radical (unpaired) electrons. The molecule has 0 saturated heterocycles. The van der Waals surface area contributed by atoms with Crippen molar-refractivity contribution in [3.63, 3.8) is 0 Å². The highest BCUT2D eigenvalue weighted by Gasteiger charge is 2.28. The third-order valence-corrected chi connectivity index (χ3v) is 4.41. The summed E-state index contributed by atoms with van der Waals surface area (Å²) in [5.41, 5.74) is 1.02. The van der Waals surface area contributed by atoms with E-state index in [-0.39, 0.29) is 35.7 Å². The number of fused-ring (bicyclic) bond motifs is 1. The van der Waals surface area contributed by atoms with Crippen molar-refractivity contribution < 1.29 is 23.1 Å². The predicted octanol–water partition coefficient (Wildman–Crippen LogP) is 3.13. The first kappa shape index (κ1) is 21.8. The van der Waals surface area contributed by atoms with E-state index in [0.717, 1.165) is 12.1 Å². The maximum Gasteiger partial charge on any atom is 0.311 e. The molecule has 0 unspecified atom stereocenters. The molecule has 0 aliphatic carbocycles. The van der Waals surface area contributed by atoms with Crippen LogP contribution in [0.3, 0.4) is 0 Å². The predicted molar refractivity (Wildman–Crippen MR) is 110 cm³/mol. The number of hydrogen-bond acceptors (Lipinski definition) is 7. The van der Waals surface area contributed by atoms with Crippen molar-refractivity contribution in [2.45, 2.75) is 19.9 Å². The van der Waals surface area contributed by atoms with Crippen LogP contribution in [0.1, 0.15) is 29.4 Å². The van der Waals surface area contributed by atoms with Gasteiger partial charge in [-0.25, -0.2) is 18.7 Å². The summed E-state index contributed by atoms with van der Waals surface area (Å²) in [6.45, 7) is 5.20. The molecule has 10 heteroatoms. The van der Waals surface area contributed by atoms with Crippen molar-refractivity contribution >= 4 is 24.4 Å². The summed E-state index contributed by atoms with van der Waals surface area (Å²) >= 11 is 0. The number of amides is 1. The molecule has 1 amide bonds. The number of nitrogens with one attached hydrogen (secondary N) is 2. The van der Waals surface area contributed by atoms with E-state index in [1.807, 2.05) is 0 Å². The smallest absolute Gasteiger partial charge is 0.311 e. The van der Waals surface area contributed by atoms with Crippen LogP contribution in [0, 0.1) is 11.6 Å². The van der Waals surface area contributed by atoms with Crippen molar-refractivity contribution in [2.24, 2.45) is 4.99 Å². The van der Waals surface area contributed by atoms with E-state index in [4.69, 9.17) is 0 Å². The zero-order chi connectivity index (χ0) is 22.5. The molecule has 2 aromatic rings. The van der Waals surface area contributed by atoms with E-state index in [1.54, 1.807) is 19.1 Å². The van der Waals surface area contributed by atoms with Crippen LogP contribution in [0.4, 0.5) is 14.6 Å². The highest BCUT2D eigenvalue weighted by Crippen LogP contribution is 2.29. The average Bonchev–Trinajstić information content (AvgIpc) is 3.11. The van der Waals surface area contributed by atoms with Gasteiger partial charge < -0.3 is 15.4 Å². The van der Waals surface area contributed by atoms with Gasteiger partial charge in [0, 0.05) is 5.70 Å². The second kappa shape index (κ2) is 9.24. The Labute approximate surface area is 176 Å². The summed E-state index contributed by atoms with van der Waals surface area (Å²) < 4.78 is 33.1. The van der Waals surface area contributed by atoms with Crippen molar-refractivity contribution in [2.75, 3.05) is 12.4 Å². The third kappa shape index (κ3) is 4.80. The Balaban J connectivity index is 1.99. The van der Waals surface area contributed by atoms with Gasteiger partial charge in [0.2, 0.25) is 0 Å². The minimum atomic E-state index is -0.817. The molecule has 0 bridgehead atoms. The second-order valence-electron chi connectivity index (χ2n) is 6.54. The topological polar surface area (TPSA) is 106 Å². The van der Waals surface area contributed by atoms with Crippen molar-refractivity contribution in [3.8, 4) is 11.4 Å². The lowest BCUT2D eigenvalue weighted by Gasteiger charge is -2.12. The van der Waals surface area contributed by atoms with Gasteiger partial charge in [-0.2, -0.15) is 0 Å². The number of aromatic nitrogens is 2. The van der Waals surface area contributed by atoms with E-state index in [0.29, 0.717) is 17.1 Å². The van der Waals surface area contributed by atoms with Crippen LogP contribution in [0.25, 0.3) is 11.4 Å². The largest absolute Gasteiger partial charge is 0.469 e. The maximum atomic E-state index is 14.2. The number of hydrogen-bond donors (Lipinski definition) is 2. The number of esters is 1. The molecule has 1 aromatic carbocycles. The van der Waals surface area contributed by atoms with Crippen LogP contribution in [0.15, 0.2) is 46.7 Å². The number of halogens is 2. The number of aliphatic imine (C=N–C) groups is 1. The normalized spacial score (nSPS) is 13.5. The number of benzene rings is 1. The Morgan fingerprint density at radius 2 is 2.00 bits per heavy atom. The monoisotopic (exact) mass is 427 g/mol.